The van der Waals surface area contributed by atoms with Gasteiger partial charge in [-0.25, -0.2) is 0 Å². The summed E-state index contributed by atoms with van der Waals surface area (Å²) in [6, 6.07) is 40.8. The number of fused-ring (bicyclic) bond motifs is 2. The number of rotatable bonds is 12. The number of benzene rings is 4. The first-order chi connectivity index (χ1) is 27.8. The van der Waals surface area contributed by atoms with Gasteiger partial charge in [0.25, 0.3) is 0 Å². The predicted octanol–water partition coefficient (Wildman–Crippen LogP) is 17.3. The molecular formula is C52H72BCl2NSi2Zr. The topological polar surface area (TPSA) is 3.24 Å². The van der Waals surface area contributed by atoms with Gasteiger partial charge < -0.3 is 4.14 Å². The van der Waals surface area contributed by atoms with Crippen molar-refractivity contribution in [2.75, 3.05) is 0 Å². The van der Waals surface area contributed by atoms with E-state index in [4.69, 9.17) is 25.0 Å². The van der Waals surface area contributed by atoms with Crippen LogP contribution in [-0.2, 0) is 33.7 Å². The normalized spacial score (nSPS) is 12.7. The Kier molecular flexibility index (Phi) is 20.9. The second-order valence-electron chi connectivity index (χ2n) is 19.1. The van der Waals surface area contributed by atoms with Crippen LogP contribution in [0, 0.1) is 11.8 Å². The van der Waals surface area contributed by atoms with Crippen LogP contribution in [0.2, 0.25) is 39.3 Å². The van der Waals surface area contributed by atoms with E-state index >= 15 is 0 Å². The summed E-state index contributed by atoms with van der Waals surface area (Å²) in [5, 5.41) is 5.55. The fraction of sp³-hybridized carbons (Fsp3) is 0.423. The molecule has 59 heavy (non-hydrogen) atoms. The molecule has 0 aliphatic heterocycles. The van der Waals surface area contributed by atoms with Crippen molar-refractivity contribution >= 4 is 63.0 Å². The fourth-order valence-electron chi connectivity index (χ4n) is 8.03. The van der Waals surface area contributed by atoms with Gasteiger partial charge in [-0.05, 0) is 71.6 Å². The van der Waals surface area contributed by atoms with Crippen LogP contribution < -0.4 is 0 Å². The molecule has 0 saturated heterocycles. The summed E-state index contributed by atoms with van der Waals surface area (Å²) < 4.78 is 2.15. The van der Waals surface area contributed by atoms with Gasteiger partial charge in [-0.15, -0.1) is 69.1 Å². The van der Waals surface area contributed by atoms with Crippen LogP contribution in [-0.4, -0.2) is 28.6 Å². The van der Waals surface area contributed by atoms with Crippen LogP contribution in [0.25, 0.3) is 43.8 Å². The zero-order chi connectivity index (χ0) is 44.1. The first-order valence-corrected chi connectivity index (χ1v) is 35.1. The summed E-state index contributed by atoms with van der Waals surface area (Å²) >= 11 is -0.826. The van der Waals surface area contributed by atoms with Crippen LogP contribution in [0.1, 0.15) is 102 Å². The van der Waals surface area contributed by atoms with E-state index in [2.05, 4.69) is 208 Å². The molecule has 0 fully saturated rings. The SMILES string of the molecule is CCC(C)c1ccccc1-c1cccc2[cH-]c(CC(C)C)cc12.CCC(C)c1ccccc1-c1cccc2[cH-]c(CC(C)C)cc12.[B]N([Si](C)(C)C)[Si](C)(C)C.[Cl][Zr+2][Cl]. The molecule has 0 aromatic heterocycles. The molecule has 0 N–H and O–H groups in total. The fourth-order valence-corrected chi connectivity index (χ4v) is 16.1. The van der Waals surface area contributed by atoms with Gasteiger partial charge in [0.1, 0.15) is 16.5 Å². The molecule has 0 bridgehead atoms. The molecule has 6 aromatic rings. The van der Waals surface area contributed by atoms with Gasteiger partial charge in [0.05, 0.1) is 0 Å². The van der Waals surface area contributed by atoms with Gasteiger partial charge in [-0.3, -0.25) is 0 Å². The van der Waals surface area contributed by atoms with Gasteiger partial charge in [0.2, 0.25) is 0 Å². The summed E-state index contributed by atoms with van der Waals surface area (Å²) in [6.45, 7) is 32.0. The van der Waals surface area contributed by atoms with Crippen LogP contribution in [0.3, 0.4) is 0 Å². The molecule has 2 radical (unpaired) electrons. The van der Waals surface area contributed by atoms with Crippen molar-refractivity contribution in [1.29, 1.82) is 0 Å². The Balaban J connectivity index is 0.000000245. The van der Waals surface area contributed by atoms with E-state index in [1.165, 1.54) is 78.9 Å². The third-order valence-electron chi connectivity index (χ3n) is 11.1. The predicted molar refractivity (Wildman–Crippen MR) is 270 cm³/mol. The van der Waals surface area contributed by atoms with E-state index in [1.54, 1.807) is 0 Å². The van der Waals surface area contributed by atoms with Crippen LogP contribution >= 0.6 is 17.0 Å². The number of hydrogen-bond donors (Lipinski definition) is 0. The van der Waals surface area contributed by atoms with Crippen molar-refractivity contribution < 1.29 is 20.8 Å². The van der Waals surface area contributed by atoms with Crippen LogP contribution in [0.15, 0.2) is 109 Å². The molecule has 0 heterocycles. The third-order valence-corrected chi connectivity index (χ3v) is 18.1. The van der Waals surface area contributed by atoms with E-state index < -0.39 is 37.3 Å². The Morgan fingerprint density at radius 2 is 0.864 bits per heavy atom. The molecule has 314 valence electrons. The first-order valence-electron chi connectivity index (χ1n) is 21.8. The van der Waals surface area contributed by atoms with Gasteiger partial charge >= 0.3 is 37.9 Å². The first kappa shape index (κ1) is 51.4. The standard InChI is InChI=1S/2C23H27.C6H18BNSi2.2ClH.Zr/c2*1-5-17(4)20-10-6-7-11-21(20)22-12-8-9-19-14-18(13-16(2)3)15-23(19)22;1-9(2,3)8(7)10(4,5)6;;;/h2*6-12,14-17H,5,13H2,1-4H3;1-6H3;2*1H;/q2*-1;;;;+4/p-2. The van der Waals surface area contributed by atoms with E-state index in [1.807, 2.05) is 0 Å². The van der Waals surface area contributed by atoms with Crippen molar-refractivity contribution in [2.45, 2.75) is 132 Å². The molecule has 6 aromatic carbocycles. The van der Waals surface area contributed by atoms with E-state index in [9.17, 15) is 0 Å². The van der Waals surface area contributed by atoms with Crippen molar-refractivity contribution in [3.63, 3.8) is 0 Å². The molecule has 2 unspecified atom stereocenters. The monoisotopic (exact) mass is 937 g/mol. The number of nitrogens with zero attached hydrogens (tertiary/aromatic N) is 1. The maximum atomic E-state index is 5.98. The maximum absolute atomic E-state index is 5.98. The Bertz CT molecular complexity index is 2000. The molecule has 0 saturated carbocycles. The Morgan fingerprint density at radius 3 is 1.15 bits per heavy atom. The van der Waals surface area contributed by atoms with Crippen molar-refractivity contribution in [2.24, 2.45) is 11.8 Å². The summed E-state index contributed by atoms with van der Waals surface area (Å²) in [7, 11) is 13.4. The molecule has 6 rings (SSSR count). The molecular weight excluding hydrogens is 868 g/mol. The number of halogens is 2. The molecule has 0 amide bonds. The number of hydrogen-bond acceptors (Lipinski definition) is 1. The molecule has 7 heteroatoms. The summed E-state index contributed by atoms with van der Waals surface area (Å²) in [6.07, 6.45) is 4.65. The van der Waals surface area contributed by atoms with Crippen molar-refractivity contribution in [1.82, 2.24) is 4.14 Å². The second kappa shape index (κ2) is 24.0. The Labute approximate surface area is 382 Å². The second-order valence-corrected chi connectivity index (χ2v) is 32.9. The Morgan fingerprint density at radius 1 is 0.542 bits per heavy atom. The third kappa shape index (κ3) is 15.1. The van der Waals surface area contributed by atoms with Crippen LogP contribution in [0.5, 0.6) is 0 Å². The van der Waals surface area contributed by atoms with Crippen molar-refractivity contribution in [3.05, 3.63) is 131 Å². The van der Waals surface area contributed by atoms with Gasteiger partial charge in [-0.2, -0.15) is 12.1 Å². The molecule has 1 nitrogen and oxygen atoms in total. The zero-order valence-corrected chi connectivity index (χ0v) is 44.8. The average Bonchev–Trinajstić information content (AvgIpc) is 3.79. The van der Waals surface area contributed by atoms with Crippen molar-refractivity contribution in [3.8, 4) is 22.3 Å². The van der Waals surface area contributed by atoms with E-state index in [0.29, 0.717) is 23.7 Å². The van der Waals surface area contributed by atoms with Gasteiger partial charge in [-0.1, -0.05) is 166 Å². The van der Waals surface area contributed by atoms with Gasteiger partial charge in [0.15, 0.2) is 7.98 Å². The Hall–Kier alpha value is -1.98. The molecule has 0 spiro atoms. The molecule has 2 atom stereocenters. The molecule has 0 aliphatic carbocycles. The van der Waals surface area contributed by atoms with Crippen LogP contribution in [0.4, 0.5) is 0 Å². The van der Waals surface area contributed by atoms with Gasteiger partial charge in [0, 0.05) is 0 Å². The summed E-state index contributed by atoms with van der Waals surface area (Å²) in [4.78, 5) is 0. The van der Waals surface area contributed by atoms with E-state index in [0.717, 1.165) is 12.8 Å². The average molecular weight is 940 g/mol. The minimum absolute atomic E-state index is 0.589. The quantitative estimate of drug-likeness (QED) is 0.0873. The summed E-state index contributed by atoms with van der Waals surface area (Å²) in [5.41, 5.74) is 11.4. The minimum atomic E-state index is -1.22. The molecule has 0 aliphatic rings. The van der Waals surface area contributed by atoms with E-state index in [-0.39, 0.29) is 0 Å². The summed E-state index contributed by atoms with van der Waals surface area (Å²) in [5.74, 6) is 2.57. The zero-order valence-electron chi connectivity index (χ0n) is 38.8.